The number of benzene rings is 1. The quantitative estimate of drug-likeness (QED) is 0.310. The normalized spacial score (nSPS) is 12.0. The van der Waals surface area contributed by atoms with Gasteiger partial charge < -0.3 is 9.47 Å². The number of aryl methyl sites for hydroxylation is 1. The summed E-state index contributed by atoms with van der Waals surface area (Å²) < 4.78 is 12.7. The van der Waals surface area contributed by atoms with Gasteiger partial charge in [0.05, 0.1) is 13.7 Å². The van der Waals surface area contributed by atoms with Crippen LogP contribution in [0.3, 0.4) is 0 Å². The highest BCUT2D eigenvalue weighted by atomic mass is 32.2. The summed E-state index contributed by atoms with van der Waals surface area (Å²) >= 11 is 1.14. The average Bonchev–Trinajstić information content (AvgIpc) is 2.79. The predicted octanol–water partition coefficient (Wildman–Crippen LogP) is 2.14. The molecule has 9 nitrogen and oxygen atoms in total. The van der Waals surface area contributed by atoms with Gasteiger partial charge >= 0.3 is 11.7 Å². The van der Waals surface area contributed by atoms with Crippen molar-refractivity contribution in [1.29, 1.82) is 0 Å². The summed E-state index contributed by atoms with van der Waals surface area (Å²) in [5.74, 6) is 0.628. The zero-order chi connectivity index (χ0) is 22.7. The Balaban J connectivity index is 2.27. The maximum absolute atomic E-state index is 12.9. The van der Waals surface area contributed by atoms with E-state index in [0.29, 0.717) is 28.6 Å². The average molecular weight is 445 g/mol. The predicted molar refractivity (Wildman–Crippen MR) is 119 cm³/mol. The first-order valence-electron chi connectivity index (χ1n) is 9.77. The molecular formula is C21H24N4O5S. The zero-order valence-electron chi connectivity index (χ0n) is 18.0. The van der Waals surface area contributed by atoms with E-state index in [1.807, 2.05) is 6.92 Å². The molecule has 0 N–H and O–H groups in total. The van der Waals surface area contributed by atoms with Gasteiger partial charge in [-0.25, -0.2) is 14.8 Å². The molecule has 3 aromatic rings. The lowest BCUT2D eigenvalue weighted by Crippen LogP contribution is -2.38. The molecule has 164 valence electrons. The molecule has 0 fully saturated rings. The van der Waals surface area contributed by atoms with E-state index < -0.39 is 16.5 Å². The van der Waals surface area contributed by atoms with Crippen LogP contribution in [0, 0.1) is 0 Å². The van der Waals surface area contributed by atoms with E-state index >= 15 is 0 Å². The number of nitrogens with zero attached hydrogens (tertiary/aromatic N) is 4. The number of aromatic nitrogens is 4. The number of hydrogen-bond acceptors (Lipinski definition) is 8. The van der Waals surface area contributed by atoms with Crippen LogP contribution in [0.2, 0.25) is 0 Å². The molecule has 1 atom stereocenters. The number of fused-ring (bicyclic) bond motifs is 1. The molecule has 3 rings (SSSR count). The van der Waals surface area contributed by atoms with Gasteiger partial charge in [0.25, 0.3) is 5.56 Å². The first-order valence-corrected chi connectivity index (χ1v) is 10.7. The first kappa shape index (κ1) is 22.5. The number of esters is 1. The highest BCUT2D eigenvalue weighted by molar-refractivity contribution is 8.00. The van der Waals surface area contributed by atoms with Crippen molar-refractivity contribution in [2.75, 3.05) is 13.7 Å². The van der Waals surface area contributed by atoms with Crippen LogP contribution in [-0.4, -0.2) is 44.0 Å². The molecule has 31 heavy (non-hydrogen) atoms. The van der Waals surface area contributed by atoms with Gasteiger partial charge in [-0.05, 0) is 37.6 Å². The van der Waals surface area contributed by atoms with E-state index in [2.05, 4.69) is 9.97 Å². The van der Waals surface area contributed by atoms with Crippen LogP contribution < -0.4 is 16.0 Å². The topological polar surface area (TPSA) is 105 Å². The molecule has 0 amide bonds. The van der Waals surface area contributed by atoms with E-state index in [4.69, 9.17) is 9.47 Å². The van der Waals surface area contributed by atoms with Crippen molar-refractivity contribution >= 4 is 28.8 Å². The summed E-state index contributed by atoms with van der Waals surface area (Å²) in [6.07, 6.45) is 0.485. The lowest BCUT2D eigenvalue weighted by Gasteiger charge is -2.16. The summed E-state index contributed by atoms with van der Waals surface area (Å²) in [6, 6.07) is 7.12. The van der Waals surface area contributed by atoms with Crippen molar-refractivity contribution in [3.8, 4) is 17.1 Å². The summed E-state index contributed by atoms with van der Waals surface area (Å²) in [7, 11) is 4.52. The van der Waals surface area contributed by atoms with E-state index in [-0.39, 0.29) is 23.6 Å². The number of rotatable bonds is 7. The van der Waals surface area contributed by atoms with Crippen molar-refractivity contribution < 1.29 is 14.3 Å². The summed E-state index contributed by atoms with van der Waals surface area (Å²) in [6.45, 7) is 3.85. The van der Waals surface area contributed by atoms with Gasteiger partial charge in [-0.2, -0.15) is 0 Å². The molecule has 0 saturated carbocycles. The molecule has 0 aliphatic carbocycles. The molecular weight excluding hydrogens is 420 g/mol. The van der Waals surface area contributed by atoms with Crippen molar-refractivity contribution in [2.45, 2.75) is 30.5 Å². The van der Waals surface area contributed by atoms with Crippen LogP contribution in [0.4, 0.5) is 0 Å². The van der Waals surface area contributed by atoms with E-state index in [1.165, 1.54) is 11.6 Å². The van der Waals surface area contributed by atoms with Crippen LogP contribution >= 0.6 is 11.8 Å². The van der Waals surface area contributed by atoms with Crippen LogP contribution in [-0.2, 0) is 23.6 Å². The first-order chi connectivity index (χ1) is 14.8. The van der Waals surface area contributed by atoms with Crippen molar-refractivity contribution in [1.82, 2.24) is 19.1 Å². The minimum Gasteiger partial charge on any atom is -0.497 e. The second-order valence-corrected chi connectivity index (χ2v) is 7.94. The van der Waals surface area contributed by atoms with Gasteiger partial charge in [-0.1, -0.05) is 18.7 Å². The minimum atomic E-state index is -0.552. The highest BCUT2D eigenvalue weighted by Crippen LogP contribution is 2.31. The Labute approximate surface area is 183 Å². The molecule has 2 heterocycles. The summed E-state index contributed by atoms with van der Waals surface area (Å²) in [5, 5.41) is -0.0368. The molecule has 0 saturated heterocycles. The van der Waals surface area contributed by atoms with Gasteiger partial charge in [-0.3, -0.25) is 18.7 Å². The van der Waals surface area contributed by atoms with E-state index in [1.54, 1.807) is 45.3 Å². The van der Waals surface area contributed by atoms with Crippen molar-refractivity contribution in [3.63, 3.8) is 0 Å². The fraction of sp³-hybridized carbons (Fsp3) is 0.381. The molecule has 0 unspecified atom stereocenters. The maximum atomic E-state index is 12.9. The summed E-state index contributed by atoms with van der Waals surface area (Å²) in [5.41, 5.74) is -0.122. The van der Waals surface area contributed by atoms with E-state index in [9.17, 15) is 14.4 Å². The van der Waals surface area contributed by atoms with Gasteiger partial charge in [0.15, 0.2) is 11.5 Å². The molecule has 10 heteroatoms. The number of thioether (sulfide) groups is 1. The van der Waals surface area contributed by atoms with Crippen molar-refractivity contribution in [3.05, 3.63) is 45.1 Å². The van der Waals surface area contributed by atoms with Crippen LogP contribution in [0.5, 0.6) is 5.75 Å². The second-order valence-electron chi connectivity index (χ2n) is 6.75. The SMILES string of the molecule is CCOC(=O)[C@@H](CC)Sc1nc(-c2ccc(OC)cc2)nc2c1c(=O)n(C)c(=O)n2C. The van der Waals surface area contributed by atoms with Crippen LogP contribution in [0.15, 0.2) is 38.9 Å². The third-order valence-electron chi connectivity index (χ3n) is 4.79. The Morgan fingerprint density at radius 2 is 1.77 bits per heavy atom. The third-order valence-corrected chi connectivity index (χ3v) is 6.12. The second kappa shape index (κ2) is 9.34. The lowest BCUT2D eigenvalue weighted by molar-refractivity contribution is -0.142. The Morgan fingerprint density at radius 3 is 2.35 bits per heavy atom. The monoisotopic (exact) mass is 444 g/mol. The van der Waals surface area contributed by atoms with Gasteiger partial charge in [-0.15, -0.1) is 0 Å². The Kier molecular flexibility index (Phi) is 6.79. The maximum Gasteiger partial charge on any atom is 0.332 e. The lowest BCUT2D eigenvalue weighted by atomic mass is 10.2. The van der Waals surface area contributed by atoms with Crippen LogP contribution in [0.25, 0.3) is 22.4 Å². The van der Waals surface area contributed by atoms with Gasteiger partial charge in [0, 0.05) is 19.7 Å². The number of hydrogen-bond donors (Lipinski definition) is 0. The Hall–Kier alpha value is -3.14. The number of ether oxygens (including phenoxy) is 2. The summed E-state index contributed by atoms with van der Waals surface area (Å²) in [4.78, 5) is 46.9. The number of methoxy groups -OCH3 is 1. The molecule has 0 aliphatic rings. The molecule has 0 aliphatic heterocycles. The molecule has 2 aromatic heterocycles. The zero-order valence-corrected chi connectivity index (χ0v) is 18.9. The molecule has 0 radical (unpaired) electrons. The Bertz CT molecular complexity index is 1230. The van der Waals surface area contributed by atoms with E-state index in [0.717, 1.165) is 16.3 Å². The van der Waals surface area contributed by atoms with Crippen molar-refractivity contribution in [2.24, 2.45) is 14.1 Å². The molecule has 0 spiro atoms. The highest BCUT2D eigenvalue weighted by Gasteiger charge is 2.25. The fourth-order valence-corrected chi connectivity index (χ4v) is 4.09. The van der Waals surface area contributed by atoms with Crippen LogP contribution in [0.1, 0.15) is 20.3 Å². The smallest absolute Gasteiger partial charge is 0.332 e. The molecule has 1 aromatic carbocycles. The third kappa shape index (κ3) is 4.34. The van der Waals surface area contributed by atoms with Gasteiger partial charge in [0.1, 0.15) is 21.4 Å². The standard InChI is InChI=1S/C21H24N4O5S/c1-6-14(20(27)30-7-2)31-18-15-17(24(3)21(28)25(4)19(15)26)22-16(23-18)12-8-10-13(29-5)11-9-12/h8-11,14H,6-7H2,1-5H3/t14-/m1/s1. The van der Waals surface area contributed by atoms with Gasteiger partial charge in [0.2, 0.25) is 0 Å². The largest absolute Gasteiger partial charge is 0.497 e. The molecule has 0 bridgehead atoms. The fourth-order valence-electron chi connectivity index (χ4n) is 3.05. The number of carbonyl (C=O) groups excluding carboxylic acids is 1. The Morgan fingerprint density at radius 1 is 1.10 bits per heavy atom. The minimum absolute atomic E-state index is 0.189. The number of carbonyl (C=O) groups is 1.